The van der Waals surface area contributed by atoms with Gasteiger partial charge in [0.1, 0.15) is 11.5 Å². The van der Waals surface area contributed by atoms with E-state index in [0.717, 1.165) is 17.7 Å². The number of amides is 1. The Morgan fingerprint density at radius 1 is 1.06 bits per heavy atom. The first-order chi connectivity index (χ1) is 15.5. The van der Waals surface area contributed by atoms with Gasteiger partial charge in [0.2, 0.25) is 0 Å². The Labute approximate surface area is 184 Å². The number of rotatable bonds is 3. The highest BCUT2D eigenvalue weighted by atomic mass is 19.4. The number of hydrogen-bond acceptors (Lipinski definition) is 4. The molecular formula is C23H18F4N4O2. The number of alkyl halides is 3. The summed E-state index contributed by atoms with van der Waals surface area (Å²) >= 11 is 0. The minimum Gasteiger partial charge on any atom is -0.318 e. The lowest BCUT2D eigenvalue weighted by Crippen LogP contribution is -2.48. The van der Waals surface area contributed by atoms with Crippen molar-refractivity contribution in [1.82, 2.24) is 15.4 Å². The fourth-order valence-corrected chi connectivity index (χ4v) is 3.45. The van der Waals surface area contributed by atoms with Crippen LogP contribution in [0.25, 0.3) is 11.9 Å². The minimum atomic E-state index is -4.69. The summed E-state index contributed by atoms with van der Waals surface area (Å²) in [6.45, 7) is 1.88. The summed E-state index contributed by atoms with van der Waals surface area (Å²) < 4.78 is 53.4. The van der Waals surface area contributed by atoms with E-state index in [4.69, 9.17) is 0 Å². The molecule has 33 heavy (non-hydrogen) atoms. The van der Waals surface area contributed by atoms with Crippen LogP contribution >= 0.6 is 0 Å². The molecule has 2 aromatic carbocycles. The van der Waals surface area contributed by atoms with Crippen molar-refractivity contribution >= 4 is 23.5 Å². The minimum absolute atomic E-state index is 0.0332. The van der Waals surface area contributed by atoms with E-state index in [1.165, 1.54) is 24.3 Å². The van der Waals surface area contributed by atoms with Gasteiger partial charge in [-0.3, -0.25) is 14.6 Å². The predicted molar refractivity (Wildman–Crippen MR) is 115 cm³/mol. The molecule has 1 aliphatic heterocycles. The van der Waals surface area contributed by atoms with Crippen molar-refractivity contribution in [3.8, 4) is 0 Å². The van der Waals surface area contributed by atoms with E-state index >= 15 is 0 Å². The van der Waals surface area contributed by atoms with E-state index in [0.29, 0.717) is 16.8 Å². The number of halogens is 4. The summed E-state index contributed by atoms with van der Waals surface area (Å²) in [5, 5.41) is 4.51. The van der Waals surface area contributed by atoms with Gasteiger partial charge in [-0.25, -0.2) is 4.39 Å². The van der Waals surface area contributed by atoms with Gasteiger partial charge in [0.25, 0.3) is 11.5 Å². The van der Waals surface area contributed by atoms with Gasteiger partial charge in [0.05, 0.1) is 16.6 Å². The molecule has 0 aliphatic carbocycles. The van der Waals surface area contributed by atoms with Crippen molar-refractivity contribution in [2.45, 2.75) is 13.1 Å². The van der Waals surface area contributed by atoms with Crippen LogP contribution in [0.4, 0.5) is 23.2 Å². The van der Waals surface area contributed by atoms with Crippen molar-refractivity contribution in [2.75, 3.05) is 12.4 Å². The smallest absolute Gasteiger partial charge is 0.318 e. The fourth-order valence-electron chi connectivity index (χ4n) is 3.45. The summed E-state index contributed by atoms with van der Waals surface area (Å²) in [7, 11) is 1.53. The highest BCUT2D eigenvalue weighted by Crippen LogP contribution is 2.31. The normalized spacial score (nSPS) is 13.2. The summed E-state index contributed by atoms with van der Waals surface area (Å²) in [6.07, 6.45) is -3.18. The number of H-pyrrole nitrogens is 1. The Morgan fingerprint density at radius 3 is 2.39 bits per heavy atom. The van der Waals surface area contributed by atoms with Crippen LogP contribution in [-0.2, 0) is 6.18 Å². The molecule has 0 saturated carbocycles. The standard InChI is InChI=1S/C23H18F4N4O2/c1-12-3-5-13(6-4-12)21(32)29-18-9-14-11-28-31(2)20(19(14)30-22(18)33)16-8-7-15(10-17(16)24)23(25,26)27/h3-11,28H,1-2H3,(H,29,32)(H,30,33). The van der Waals surface area contributed by atoms with Crippen LogP contribution in [0.15, 0.2) is 53.3 Å². The first-order valence-electron chi connectivity index (χ1n) is 9.77. The number of benzene rings is 2. The maximum absolute atomic E-state index is 14.7. The number of nitrogens with one attached hydrogen (secondary N) is 3. The number of anilines is 1. The maximum Gasteiger partial charge on any atom is 0.416 e. The maximum atomic E-state index is 14.7. The molecular weight excluding hydrogens is 440 g/mol. The number of aromatic nitrogens is 1. The lowest BCUT2D eigenvalue weighted by Gasteiger charge is -2.26. The topological polar surface area (TPSA) is 77.2 Å². The van der Waals surface area contributed by atoms with E-state index < -0.39 is 29.0 Å². The summed E-state index contributed by atoms with van der Waals surface area (Å²) in [5.74, 6) is -1.58. The molecule has 1 aliphatic rings. The Balaban J connectivity index is 1.80. The number of pyridine rings is 1. The van der Waals surface area contributed by atoms with E-state index in [2.05, 4.69) is 15.7 Å². The third-order valence-corrected chi connectivity index (χ3v) is 5.17. The molecule has 4 rings (SSSR count). The van der Waals surface area contributed by atoms with Gasteiger partial charge in [-0.1, -0.05) is 17.7 Å². The molecule has 2 heterocycles. The zero-order valence-electron chi connectivity index (χ0n) is 17.5. The van der Waals surface area contributed by atoms with Crippen molar-refractivity contribution < 1.29 is 22.4 Å². The molecule has 0 spiro atoms. The average molecular weight is 458 g/mol. The fraction of sp³-hybridized carbons (Fsp3) is 0.130. The second-order valence-corrected chi connectivity index (χ2v) is 7.54. The van der Waals surface area contributed by atoms with Gasteiger partial charge in [0, 0.05) is 29.6 Å². The largest absolute Gasteiger partial charge is 0.416 e. The molecule has 170 valence electrons. The molecule has 3 N–H and O–H groups in total. The Kier molecular flexibility index (Phi) is 5.44. The SMILES string of the molecule is Cc1ccc(C(=O)Nc2cc3c([nH]c2=O)=C(c2ccc(C(F)(F)F)cc2F)N(C)NC=3)cc1. The second-order valence-electron chi connectivity index (χ2n) is 7.54. The zero-order chi connectivity index (χ0) is 23.9. The number of carbonyl (C=O) groups is 1. The number of carbonyl (C=O) groups excluding carboxylic acids is 1. The quantitative estimate of drug-likeness (QED) is 0.527. The molecule has 1 aromatic heterocycles. The van der Waals surface area contributed by atoms with Crippen molar-refractivity contribution in [3.05, 3.63) is 97.5 Å². The molecule has 10 heteroatoms. The summed E-state index contributed by atoms with van der Waals surface area (Å²) in [5.41, 5.74) is 2.37. The lowest BCUT2D eigenvalue weighted by atomic mass is 10.1. The number of aromatic amines is 1. The first kappa shape index (κ1) is 22.1. The van der Waals surface area contributed by atoms with Gasteiger partial charge in [-0.05, 0) is 43.3 Å². The molecule has 0 fully saturated rings. The van der Waals surface area contributed by atoms with Crippen molar-refractivity contribution in [2.24, 2.45) is 0 Å². The molecule has 0 unspecified atom stereocenters. The van der Waals surface area contributed by atoms with E-state index in [1.54, 1.807) is 24.3 Å². The van der Waals surface area contributed by atoms with E-state index in [1.807, 2.05) is 6.92 Å². The van der Waals surface area contributed by atoms with Crippen LogP contribution in [0.2, 0.25) is 0 Å². The van der Waals surface area contributed by atoms with Crippen LogP contribution < -0.4 is 26.9 Å². The second kappa shape index (κ2) is 8.12. The van der Waals surface area contributed by atoms with Gasteiger partial charge in [-0.2, -0.15) is 13.2 Å². The third-order valence-electron chi connectivity index (χ3n) is 5.17. The Morgan fingerprint density at radius 2 is 1.76 bits per heavy atom. The first-order valence-corrected chi connectivity index (χ1v) is 9.77. The number of fused-ring (bicyclic) bond motifs is 1. The van der Waals surface area contributed by atoms with Crippen LogP contribution in [-0.4, -0.2) is 22.9 Å². The van der Waals surface area contributed by atoms with Crippen LogP contribution in [0.3, 0.4) is 0 Å². The number of aryl methyl sites for hydroxylation is 1. The zero-order valence-corrected chi connectivity index (χ0v) is 17.5. The number of hydrazine groups is 1. The highest BCUT2D eigenvalue weighted by molar-refractivity contribution is 6.04. The van der Waals surface area contributed by atoms with E-state index in [9.17, 15) is 27.2 Å². The van der Waals surface area contributed by atoms with Gasteiger partial charge in [0.15, 0.2) is 0 Å². The molecule has 3 aromatic rings. The summed E-state index contributed by atoms with van der Waals surface area (Å²) in [4.78, 5) is 27.8. The molecule has 1 amide bonds. The van der Waals surface area contributed by atoms with Gasteiger partial charge in [-0.15, -0.1) is 0 Å². The lowest BCUT2D eigenvalue weighted by molar-refractivity contribution is -0.137. The predicted octanol–water partition coefficient (Wildman–Crippen LogP) is 2.44. The van der Waals surface area contributed by atoms with Crippen molar-refractivity contribution in [1.29, 1.82) is 0 Å². The number of nitrogens with zero attached hydrogens (tertiary/aromatic N) is 1. The van der Waals surface area contributed by atoms with Gasteiger partial charge >= 0.3 is 6.18 Å². The molecule has 0 saturated heterocycles. The average Bonchev–Trinajstić information content (AvgIpc) is 2.75. The van der Waals surface area contributed by atoms with E-state index in [-0.39, 0.29) is 22.3 Å². The van der Waals surface area contributed by atoms with Crippen LogP contribution in [0.1, 0.15) is 27.0 Å². The van der Waals surface area contributed by atoms with Gasteiger partial charge < -0.3 is 15.7 Å². The highest BCUT2D eigenvalue weighted by Gasteiger charge is 2.32. The monoisotopic (exact) mass is 458 g/mol. The van der Waals surface area contributed by atoms with Crippen LogP contribution in [0, 0.1) is 12.7 Å². The molecule has 0 radical (unpaired) electrons. The third kappa shape index (κ3) is 4.32. The molecule has 0 atom stereocenters. The summed E-state index contributed by atoms with van der Waals surface area (Å²) in [6, 6.07) is 10.4. The van der Waals surface area contributed by atoms with Crippen LogP contribution in [0.5, 0.6) is 0 Å². The number of hydrogen-bond donors (Lipinski definition) is 3. The Bertz CT molecular complexity index is 1430. The Hall–Kier alpha value is -4.08. The molecule has 0 bridgehead atoms. The van der Waals surface area contributed by atoms with Crippen molar-refractivity contribution in [3.63, 3.8) is 0 Å². The molecule has 6 nitrogen and oxygen atoms in total.